The molecule has 0 unspecified atom stereocenters. The summed E-state index contributed by atoms with van der Waals surface area (Å²) in [7, 11) is 0. The molecule has 0 spiro atoms. The molecule has 1 amide bonds. The Morgan fingerprint density at radius 1 is 1.17 bits per heavy atom. The molecule has 1 aliphatic carbocycles. The predicted octanol–water partition coefficient (Wildman–Crippen LogP) is 3.46. The normalized spacial score (nSPS) is 13.2. The minimum atomic E-state index is -0.727. The van der Waals surface area contributed by atoms with E-state index in [0.717, 1.165) is 48.9 Å². The molecule has 0 radical (unpaired) electrons. The highest BCUT2D eigenvalue weighted by atomic mass is 19.1. The number of phenolic OH excluding ortho intramolecular Hbond substituents is 1. The van der Waals surface area contributed by atoms with Gasteiger partial charge in [-0.25, -0.2) is 8.78 Å². The van der Waals surface area contributed by atoms with Gasteiger partial charge >= 0.3 is 0 Å². The van der Waals surface area contributed by atoms with E-state index in [4.69, 9.17) is 4.52 Å². The lowest BCUT2D eigenvalue weighted by Gasteiger charge is -2.17. The van der Waals surface area contributed by atoms with Gasteiger partial charge in [0.15, 0.2) is 5.82 Å². The third kappa shape index (κ3) is 4.11. The lowest BCUT2D eigenvalue weighted by Crippen LogP contribution is -2.25. The highest BCUT2D eigenvalue weighted by Crippen LogP contribution is 2.36. The topological polar surface area (TPSA) is 88.2 Å². The SMILES string of the molecule is O=C(Cc1noc(-c2ccc3c(c2O)CCCC3)n1)NCc1ccc(F)cc1F. The van der Waals surface area contributed by atoms with Crippen molar-refractivity contribution in [3.63, 3.8) is 0 Å². The Hall–Kier alpha value is -3.29. The second-order valence-electron chi connectivity index (χ2n) is 7.01. The number of benzene rings is 2. The van der Waals surface area contributed by atoms with Gasteiger partial charge in [-0.1, -0.05) is 17.3 Å². The van der Waals surface area contributed by atoms with Crippen LogP contribution in [0.4, 0.5) is 8.78 Å². The third-order valence-corrected chi connectivity index (χ3v) is 5.01. The van der Waals surface area contributed by atoms with Gasteiger partial charge < -0.3 is 14.9 Å². The summed E-state index contributed by atoms with van der Waals surface area (Å²) in [6.45, 7) is -0.0821. The van der Waals surface area contributed by atoms with E-state index in [0.29, 0.717) is 5.56 Å². The first-order chi connectivity index (χ1) is 14.0. The molecule has 29 heavy (non-hydrogen) atoms. The predicted molar refractivity (Wildman–Crippen MR) is 99.9 cm³/mol. The minimum Gasteiger partial charge on any atom is -0.507 e. The second-order valence-corrected chi connectivity index (χ2v) is 7.01. The Kier molecular flexibility index (Phi) is 5.24. The zero-order valence-corrected chi connectivity index (χ0v) is 15.5. The number of aromatic nitrogens is 2. The summed E-state index contributed by atoms with van der Waals surface area (Å²) in [5.74, 6) is -1.40. The summed E-state index contributed by atoms with van der Waals surface area (Å²) >= 11 is 0. The van der Waals surface area contributed by atoms with E-state index in [2.05, 4.69) is 15.5 Å². The highest BCUT2D eigenvalue weighted by Gasteiger charge is 2.21. The van der Waals surface area contributed by atoms with E-state index in [1.54, 1.807) is 6.07 Å². The molecule has 6 nitrogen and oxygen atoms in total. The monoisotopic (exact) mass is 399 g/mol. The maximum atomic E-state index is 13.6. The highest BCUT2D eigenvalue weighted by molar-refractivity contribution is 5.78. The van der Waals surface area contributed by atoms with Crippen LogP contribution < -0.4 is 5.32 Å². The first kappa shape index (κ1) is 19.0. The number of nitrogens with one attached hydrogen (secondary N) is 1. The van der Waals surface area contributed by atoms with Crippen molar-refractivity contribution in [2.75, 3.05) is 0 Å². The number of fused-ring (bicyclic) bond motifs is 1. The number of phenols is 1. The van der Waals surface area contributed by atoms with Gasteiger partial charge in [0.1, 0.15) is 17.4 Å². The summed E-state index contributed by atoms with van der Waals surface area (Å²) in [4.78, 5) is 16.3. The molecule has 2 aromatic carbocycles. The van der Waals surface area contributed by atoms with Crippen LogP contribution >= 0.6 is 0 Å². The quantitative estimate of drug-likeness (QED) is 0.686. The molecule has 1 aromatic heterocycles. The number of carbonyl (C=O) groups is 1. The summed E-state index contributed by atoms with van der Waals surface area (Å²) in [6.07, 6.45) is 3.70. The number of aryl methyl sites for hydroxylation is 1. The van der Waals surface area contributed by atoms with E-state index in [1.165, 1.54) is 6.07 Å². The Morgan fingerprint density at radius 2 is 2.00 bits per heavy atom. The van der Waals surface area contributed by atoms with Crippen molar-refractivity contribution in [1.29, 1.82) is 0 Å². The van der Waals surface area contributed by atoms with Crippen molar-refractivity contribution in [1.82, 2.24) is 15.5 Å². The van der Waals surface area contributed by atoms with E-state index >= 15 is 0 Å². The van der Waals surface area contributed by atoms with Gasteiger partial charge in [-0.3, -0.25) is 4.79 Å². The molecule has 0 bridgehead atoms. The molecule has 2 N–H and O–H groups in total. The van der Waals surface area contributed by atoms with Gasteiger partial charge in [0.2, 0.25) is 5.91 Å². The fourth-order valence-corrected chi connectivity index (χ4v) is 3.48. The van der Waals surface area contributed by atoms with Crippen molar-refractivity contribution in [2.24, 2.45) is 0 Å². The molecular weight excluding hydrogens is 380 g/mol. The first-order valence-electron chi connectivity index (χ1n) is 9.38. The van der Waals surface area contributed by atoms with Crippen LogP contribution in [-0.4, -0.2) is 21.2 Å². The fourth-order valence-electron chi connectivity index (χ4n) is 3.48. The van der Waals surface area contributed by atoms with Crippen LogP contribution in [-0.2, 0) is 30.6 Å². The van der Waals surface area contributed by atoms with Crippen LogP contribution in [0.1, 0.15) is 35.4 Å². The number of amides is 1. The van der Waals surface area contributed by atoms with Crippen molar-refractivity contribution < 1.29 is 23.2 Å². The summed E-state index contributed by atoms with van der Waals surface area (Å²) in [6, 6.07) is 6.86. The van der Waals surface area contributed by atoms with Crippen LogP contribution in [0.3, 0.4) is 0 Å². The number of rotatable bonds is 5. The summed E-state index contributed by atoms with van der Waals surface area (Å²) in [5, 5.41) is 16.9. The molecule has 150 valence electrons. The minimum absolute atomic E-state index is 0.0821. The van der Waals surface area contributed by atoms with Crippen molar-refractivity contribution in [3.05, 3.63) is 64.5 Å². The summed E-state index contributed by atoms with van der Waals surface area (Å²) < 4.78 is 31.8. The fraction of sp³-hybridized carbons (Fsp3) is 0.286. The van der Waals surface area contributed by atoms with Crippen LogP contribution in [0.2, 0.25) is 0 Å². The molecule has 1 heterocycles. The number of hydrogen-bond acceptors (Lipinski definition) is 5. The Balaban J connectivity index is 1.42. The largest absolute Gasteiger partial charge is 0.507 e. The van der Waals surface area contributed by atoms with E-state index in [9.17, 15) is 18.7 Å². The molecule has 0 saturated carbocycles. The maximum absolute atomic E-state index is 13.6. The molecule has 4 rings (SSSR count). The van der Waals surface area contributed by atoms with Gasteiger partial charge in [-0.2, -0.15) is 4.98 Å². The molecule has 1 aliphatic rings. The third-order valence-electron chi connectivity index (χ3n) is 5.01. The standard InChI is InChI=1S/C21H19F2N3O3/c22-14-7-5-13(17(23)9-14)11-24-19(27)10-18-25-21(29-26-18)16-8-6-12-3-1-2-4-15(12)20(16)28/h5-9,28H,1-4,10-11H2,(H,24,27). The van der Waals surface area contributed by atoms with Crippen LogP contribution in [0.5, 0.6) is 5.75 Å². The molecule has 3 aromatic rings. The average Bonchev–Trinajstić information content (AvgIpc) is 3.16. The molecule has 0 aliphatic heterocycles. The average molecular weight is 399 g/mol. The maximum Gasteiger partial charge on any atom is 0.261 e. The van der Waals surface area contributed by atoms with E-state index in [1.807, 2.05) is 6.07 Å². The van der Waals surface area contributed by atoms with Gasteiger partial charge in [-0.15, -0.1) is 0 Å². The van der Waals surface area contributed by atoms with Gasteiger partial charge in [0.25, 0.3) is 5.89 Å². The van der Waals surface area contributed by atoms with Crippen molar-refractivity contribution in [3.8, 4) is 17.2 Å². The van der Waals surface area contributed by atoms with Gasteiger partial charge in [0, 0.05) is 18.2 Å². The van der Waals surface area contributed by atoms with Crippen LogP contribution in [0, 0.1) is 11.6 Å². The molecular formula is C21H19F2N3O3. The zero-order valence-electron chi connectivity index (χ0n) is 15.5. The van der Waals surface area contributed by atoms with Crippen molar-refractivity contribution in [2.45, 2.75) is 38.6 Å². The van der Waals surface area contributed by atoms with Crippen molar-refractivity contribution >= 4 is 5.91 Å². The van der Waals surface area contributed by atoms with E-state index < -0.39 is 17.5 Å². The molecule has 0 fully saturated rings. The number of carbonyl (C=O) groups excluding carboxylic acids is 1. The number of halogens is 2. The Labute approximate surface area is 165 Å². The van der Waals surface area contributed by atoms with E-state index in [-0.39, 0.29) is 36.0 Å². The number of nitrogens with zero attached hydrogens (tertiary/aromatic N) is 2. The Morgan fingerprint density at radius 3 is 2.83 bits per heavy atom. The molecule has 0 saturated heterocycles. The van der Waals surface area contributed by atoms with Gasteiger partial charge in [0.05, 0.1) is 12.0 Å². The zero-order chi connectivity index (χ0) is 20.4. The molecule has 8 heteroatoms. The number of aromatic hydroxyl groups is 1. The second kappa shape index (κ2) is 7.98. The Bertz CT molecular complexity index is 1070. The lowest BCUT2D eigenvalue weighted by atomic mass is 9.89. The lowest BCUT2D eigenvalue weighted by molar-refractivity contribution is -0.120. The first-order valence-corrected chi connectivity index (χ1v) is 9.38. The van der Waals surface area contributed by atoms with Crippen LogP contribution in [0.25, 0.3) is 11.5 Å². The van der Waals surface area contributed by atoms with Gasteiger partial charge in [-0.05, 0) is 48.9 Å². The number of hydrogen-bond donors (Lipinski definition) is 2. The van der Waals surface area contributed by atoms with Crippen LogP contribution in [0.15, 0.2) is 34.9 Å². The molecule has 0 atom stereocenters. The summed E-state index contributed by atoms with van der Waals surface area (Å²) in [5.41, 5.74) is 2.66. The smallest absolute Gasteiger partial charge is 0.261 e.